The Bertz CT molecular complexity index is 1860. The van der Waals surface area contributed by atoms with Crippen LogP contribution >= 0.6 is 15.6 Å². The van der Waals surface area contributed by atoms with E-state index in [0.29, 0.717) is 25.7 Å². The fraction of sp³-hybridized carbons (Fsp3) is 0.948. The summed E-state index contributed by atoms with van der Waals surface area (Å²) in [5, 5.41) is 10.6. The van der Waals surface area contributed by atoms with Crippen LogP contribution in [-0.2, 0) is 65.4 Å². The highest BCUT2D eigenvalue weighted by atomic mass is 31.2. The minimum absolute atomic E-state index is 0.105. The Kier molecular flexibility index (Phi) is 67.4. The molecule has 17 nitrogen and oxygen atoms in total. The molecule has 0 aliphatic rings. The fourth-order valence-electron chi connectivity index (χ4n) is 11.8. The number of esters is 4. The van der Waals surface area contributed by atoms with Gasteiger partial charge in [-0.15, -0.1) is 0 Å². The molecule has 0 aliphatic carbocycles. The van der Waals surface area contributed by atoms with Crippen molar-refractivity contribution in [2.75, 3.05) is 39.6 Å². The Hall–Kier alpha value is -1.94. The van der Waals surface area contributed by atoms with Crippen molar-refractivity contribution >= 4 is 39.5 Å². The molecule has 3 N–H and O–H groups in total. The molecule has 96 heavy (non-hydrogen) atoms. The van der Waals surface area contributed by atoms with E-state index in [-0.39, 0.29) is 25.7 Å². The first-order valence-electron chi connectivity index (χ1n) is 40.1. The largest absolute Gasteiger partial charge is 0.472 e. The third-order valence-electron chi connectivity index (χ3n) is 18.7. The summed E-state index contributed by atoms with van der Waals surface area (Å²) in [6.45, 7) is 9.60. The highest BCUT2D eigenvalue weighted by Crippen LogP contribution is 2.45. The van der Waals surface area contributed by atoms with Crippen LogP contribution in [0.4, 0.5) is 0 Å². The van der Waals surface area contributed by atoms with E-state index in [1.807, 2.05) is 0 Å². The summed E-state index contributed by atoms with van der Waals surface area (Å²) in [6, 6.07) is 0. The number of aliphatic hydroxyl groups excluding tert-OH is 1. The van der Waals surface area contributed by atoms with Gasteiger partial charge in [0.25, 0.3) is 0 Å². The zero-order valence-corrected chi connectivity index (χ0v) is 64.5. The molecule has 0 bridgehead atoms. The summed E-state index contributed by atoms with van der Waals surface area (Å²) in [6.07, 6.45) is 56.7. The van der Waals surface area contributed by atoms with E-state index in [9.17, 15) is 43.2 Å². The summed E-state index contributed by atoms with van der Waals surface area (Å²) >= 11 is 0. The second kappa shape index (κ2) is 68.8. The van der Waals surface area contributed by atoms with Gasteiger partial charge in [0, 0.05) is 25.7 Å². The van der Waals surface area contributed by atoms with Crippen molar-refractivity contribution in [1.82, 2.24) is 0 Å². The molecule has 0 aromatic rings. The van der Waals surface area contributed by atoms with Crippen LogP contribution in [0, 0.1) is 11.8 Å². The molecule has 0 fully saturated rings. The predicted molar refractivity (Wildman–Crippen MR) is 391 cm³/mol. The second-order valence-corrected chi connectivity index (χ2v) is 31.1. The van der Waals surface area contributed by atoms with Gasteiger partial charge in [-0.05, 0) is 37.5 Å². The number of ether oxygens (including phenoxy) is 4. The van der Waals surface area contributed by atoms with E-state index in [0.717, 1.165) is 102 Å². The molecule has 4 unspecified atom stereocenters. The van der Waals surface area contributed by atoms with Crippen molar-refractivity contribution in [2.45, 2.75) is 419 Å². The smallest absolute Gasteiger partial charge is 0.462 e. The summed E-state index contributed by atoms with van der Waals surface area (Å²) in [7, 11) is -9.91. The zero-order valence-electron chi connectivity index (χ0n) is 62.7. The number of rotatable bonds is 76. The van der Waals surface area contributed by atoms with Crippen LogP contribution in [0.2, 0.25) is 0 Å². The molecule has 0 saturated heterocycles. The van der Waals surface area contributed by atoms with Crippen LogP contribution in [0.3, 0.4) is 0 Å². The fourth-order valence-corrected chi connectivity index (χ4v) is 13.3. The lowest BCUT2D eigenvalue weighted by atomic mass is 9.99. The standard InChI is InChI=1S/C77H150O17P2/c1-7-11-13-15-17-19-21-23-24-25-26-27-28-30-32-34-43-49-55-61-76(81)93-72(65-87-74(79)59-53-47-41-33-31-29-22-20-18-16-14-12-8-2)67-91-95(83,84)89-63-71(78)64-90-96(85,86)92-68-73(94-77(82)62-56-50-44-38-36-40-46-52-58-70(6)10-4)66-88-75(80)60-54-48-42-37-35-39-45-51-57-69(5)9-3/h69-73,78H,7-68H2,1-6H3,(H,83,84)(H,85,86)/t69?,70?,71-,72-,73-/m1/s1. The van der Waals surface area contributed by atoms with Crippen molar-refractivity contribution in [2.24, 2.45) is 11.8 Å². The van der Waals surface area contributed by atoms with Gasteiger partial charge in [-0.2, -0.15) is 0 Å². The lowest BCUT2D eigenvalue weighted by molar-refractivity contribution is -0.161. The van der Waals surface area contributed by atoms with E-state index in [1.165, 1.54) is 218 Å². The van der Waals surface area contributed by atoms with E-state index in [1.54, 1.807) is 0 Å². The molecule has 0 aliphatic heterocycles. The first-order chi connectivity index (χ1) is 46.4. The van der Waals surface area contributed by atoms with Crippen LogP contribution < -0.4 is 0 Å². The van der Waals surface area contributed by atoms with Crippen molar-refractivity contribution < 1.29 is 80.2 Å². The molecular weight excluding hydrogens is 1260 g/mol. The number of carbonyl (C=O) groups excluding carboxylic acids is 4. The normalized spacial score (nSPS) is 14.6. The summed E-state index contributed by atoms with van der Waals surface area (Å²) in [4.78, 5) is 72.9. The molecule has 570 valence electrons. The molecule has 0 aromatic heterocycles. The Morgan fingerprint density at radius 1 is 0.292 bits per heavy atom. The number of carbonyl (C=O) groups is 4. The summed E-state index contributed by atoms with van der Waals surface area (Å²) < 4.78 is 68.6. The van der Waals surface area contributed by atoms with Gasteiger partial charge >= 0.3 is 39.5 Å². The number of phosphoric acid groups is 2. The molecule has 0 saturated carbocycles. The van der Waals surface area contributed by atoms with Gasteiger partial charge in [-0.1, -0.05) is 350 Å². The first kappa shape index (κ1) is 94.1. The van der Waals surface area contributed by atoms with Gasteiger partial charge in [0.1, 0.15) is 19.3 Å². The average molecular weight is 1410 g/mol. The van der Waals surface area contributed by atoms with Crippen molar-refractivity contribution in [3.8, 4) is 0 Å². The Morgan fingerprint density at radius 2 is 0.500 bits per heavy atom. The molecule has 19 heteroatoms. The second-order valence-electron chi connectivity index (χ2n) is 28.2. The van der Waals surface area contributed by atoms with Gasteiger partial charge in [0.2, 0.25) is 0 Å². The highest BCUT2D eigenvalue weighted by Gasteiger charge is 2.30. The van der Waals surface area contributed by atoms with Crippen LogP contribution in [0.25, 0.3) is 0 Å². The Labute approximate surface area is 588 Å². The molecule has 0 radical (unpaired) electrons. The number of hydrogen-bond acceptors (Lipinski definition) is 15. The van der Waals surface area contributed by atoms with Crippen LogP contribution in [0.5, 0.6) is 0 Å². The van der Waals surface area contributed by atoms with Gasteiger partial charge in [-0.25, -0.2) is 9.13 Å². The van der Waals surface area contributed by atoms with Crippen molar-refractivity contribution in [3.63, 3.8) is 0 Å². The van der Waals surface area contributed by atoms with Gasteiger partial charge in [0.05, 0.1) is 26.4 Å². The maximum absolute atomic E-state index is 13.1. The third kappa shape index (κ3) is 67.9. The van der Waals surface area contributed by atoms with E-state index >= 15 is 0 Å². The molecule has 0 spiro atoms. The van der Waals surface area contributed by atoms with Gasteiger partial charge < -0.3 is 33.8 Å². The molecular formula is C77H150O17P2. The van der Waals surface area contributed by atoms with Crippen LogP contribution in [0.15, 0.2) is 0 Å². The van der Waals surface area contributed by atoms with E-state index < -0.39 is 97.5 Å². The first-order valence-corrected chi connectivity index (χ1v) is 43.1. The maximum Gasteiger partial charge on any atom is 0.472 e. The monoisotopic (exact) mass is 1410 g/mol. The third-order valence-corrected chi connectivity index (χ3v) is 20.6. The van der Waals surface area contributed by atoms with E-state index in [4.69, 9.17) is 37.0 Å². The minimum Gasteiger partial charge on any atom is -0.462 e. The number of aliphatic hydroxyl groups is 1. The number of phosphoric ester groups is 2. The van der Waals surface area contributed by atoms with E-state index in [2.05, 4.69) is 41.5 Å². The highest BCUT2D eigenvalue weighted by molar-refractivity contribution is 7.47. The average Bonchev–Trinajstić information content (AvgIpc) is 2.06. The van der Waals surface area contributed by atoms with Gasteiger partial charge in [0.15, 0.2) is 12.2 Å². The Morgan fingerprint density at radius 3 is 0.740 bits per heavy atom. The lowest BCUT2D eigenvalue weighted by Crippen LogP contribution is -2.30. The van der Waals surface area contributed by atoms with Crippen molar-refractivity contribution in [1.29, 1.82) is 0 Å². The minimum atomic E-state index is -4.96. The molecule has 0 amide bonds. The molecule has 0 heterocycles. The van der Waals surface area contributed by atoms with Crippen molar-refractivity contribution in [3.05, 3.63) is 0 Å². The lowest BCUT2D eigenvalue weighted by Gasteiger charge is -2.21. The SMILES string of the molecule is CCCCCCCCCCCCCCCCCCCCCC(=O)O[C@H](COC(=O)CCCCCCCCCCCCCCC)COP(=O)(O)OC[C@@H](O)COP(=O)(O)OC[C@@H](COC(=O)CCCCCCCCCCC(C)CC)OC(=O)CCCCCCCCCCC(C)CC. The molecule has 0 rings (SSSR count). The number of hydrogen-bond donors (Lipinski definition) is 3. The zero-order chi connectivity index (χ0) is 70.7. The summed E-state index contributed by atoms with van der Waals surface area (Å²) in [5.74, 6) is -0.568. The quantitative estimate of drug-likeness (QED) is 0.0222. The topological polar surface area (TPSA) is 237 Å². The van der Waals surface area contributed by atoms with Crippen LogP contribution in [0.1, 0.15) is 401 Å². The summed E-state index contributed by atoms with van der Waals surface area (Å²) in [5.41, 5.74) is 0. The molecule has 0 aromatic carbocycles. The Balaban J connectivity index is 5.24. The van der Waals surface area contributed by atoms with Crippen LogP contribution in [-0.4, -0.2) is 96.7 Å². The molecule has 7 atom stereocenters. The predicted octanol–water partition coefficient (Wildman–Crippen LogP) is 22.7. The number of unbranched alkanes of at least 4 members (excludes halogenated alkanes) is 44. The maximum atomic E-state index is 13.1. The van der Waals surface area contributed by atoms with Gasteiger partial charge in [-0.3, -0.25) is 37.3 Å².